The van der Waals surface area contributed by atoms with E-state index < -0.39 is 43.8 Å². The molecule has 0 spiro atoms. The van der Waals surface area contributed by atoms with E-state index in [1.807, 2.05) is 0 Å². The summed E-state index contributed by atoms with van der Waals surface area (Å²) < 4.78 is 0. The monoisotopic (exact) mass is 1100 g/mol. The molecule has 13 heteroatoms. The predicted molar refractivity (Wildman–Crippen MR) is 265 cm³/mol. The number of carboxylic acid groups (broad SMARTS) is 4. The van der Waals surface area contributed by atoms with Gasteiger partial charge in [-0.15, -0.1) is 0 Å². The SMILES string of the molecule is O=C(O)C1(C(=O)O)CCC1.O=C(O)CCCC[P+](c1ccccc1)(c1ccccc1)c1ccccc1.O=C(O)CCCC[P+](c1ccccc1)(c1ccccc1)c1ccccc1.[NH2-].[NH2-].[Pt+2]. The van der Waals surface area contributed by atoms with Crippen molar-refractivity contribution in [1.82, 2.24) is 0 Å². The molecule has 0 atom stereocenters. The van der Waals surface area contributed by atoms with Crippen LogP contribution in [0.25, 0.3) is 12.3 Å². The summed E-state index contributed by atoms with van der Waals surface area (Å²) in [6, 6.07) is 64.3. The molecule has 6 aromatic carbocycles. The van der Waals surface area contributed by atoms with Crippen LogP contribution in [0.15, 0.2) is 182 Å². The molecule has 1 aliphatic carbocycles. The molecule has 65 heavy (non-hydrogen) atoms. The number of unbranched alkanes of at least 4 members (excludes halogenated alkanes) is 2. The zero-order chi connectivity index (χ0) is 44.3. The Labute approximate surface area is 398 Å². The largest absolute Gasteiger partial charge is 2.00 e. The van der Waals surface area contributed by atoms with Gasteiger partial charge < -0.3 is 32.7 Å². The van der Waals surface area contributed by atoms with Crippen LogP contribution in [0.5, 0.6) is 0 Å². The van der Waals surface area contributed by atoms with E-state index in [2.05, 4.69) is 182 Å². The van der Waals surface area contributed by atoms with Gasteiger partial charge in [-0.1, -0.05) is 109 Å². The minimum atomic E-state index is -1.81. The average Bonchev–Trinajstić information content (AvgIpc) is 3.28. The van der Waals surface area contributed by atoms with E-state index in [-0.39, 0.29) is 59.0 Å². The van der Waals surface area contributed by atoms with Crippen molar-refractivity contribution in [1.29, 1.82) is 0 Å². The van der Waals surface area contributed by atoms with E-state index >= 15 is 0 Å². The molecular weight excluding hydrogens is 1040 g/mol. The number of carbonyl (C=O) groups is 4. The molecule has 0 unspecified atom stereocenters. The number of benzene rings is 6. The first-order valence-corrected chi connectivity index (χ1v) is 25.0. The molecule has 6 aromatic rings. The number of aliphatic carboxylic acids is 4. The Hall–Kier alpha value is -5.33. The molecule has 0 saturated heterocycles. The second-order valence-electron chi connectivity index (χ2n) is 15.3. The van der Waals surface area contributed by atoms with Gasteiger partial charge in [-0.05, 0) is 118 Å². The Morgan fingerprint density at radius 3 is 0.738 bits per heavy atom. The van der Waals surface area contributed by atoms with E-state index in [9.17, 15) is 19.2 Å². The van der Waals surface area contributed by atoms with Gasteiger partial charge in [0.2, 0.25) is 0 Å². The molecule has 0 bridgehead atoms. The third-order valence-electron chi connectivity index (χ3n) is 11.5. The Balaban J connectivity index is 0.000000356. The normalized spacial score (nSPS) is 12.2. The molecule has 1 fully saturated rings. The zero-order valence-corrected chi connectivity index (χ0v) is 40.4. The van der Waals surface area contributed by atoms with Crippen LogP contribution in [0, 0.1) is 5.41 Å². The van der Waals surface area contributed by atoms with Crippen molar-refractivity contribution in [3.8, 4) is 0 Å². The summed E-state index contributed by atoms with van der Waals surface area (Å²) in [6.07, 6.45) is 6.92. The van der Waals surface area contributed by atoms with Gasteiger partial charge in [0.15, 0.2) is 5.41 Å². The van der Waals surface area contributed by atoms with Gasteiger partial charge in [-0.2, -0.15) is 0 Å². The van der Waals surface area contributed by atoms with Crippen molar-refractivity contribution in [2.24, 2.45) is 5.41 Å². The van der Waals surface area contributed by atoms with E-state index in [0.29, 0.717) is 19.3 Å². The van der Waals surface area contributed by atoms with Crippen LogP contribution in [0.2, 0.25) is 0 Å². The molecule has 7 rings (SSSR count). The third-order valence-corrected chi connectivity index (χ3v) is 20.5. The maximum absolute atomic E-state index is 10.9. The fourth-order valence-corrected chi connectivity index (χ4v) is 16.9. The summed E-state index contributed by atoms with van der Waals surface area (Å²) in [5.41, 5.74) is -1.44. The number of hydrogen-bond donors (Lipinski definition) is 4. The fraction of sp³-hybridized carbons (Fsp3) is 0.231. The number of hydrogen-bond acceptors (Lipinski definition) is 4. The summed E-state index contributed by atoms with van der Waals surface area (Å²) in [5.74, 6) is -3.83. The Bertz CT molecular complexity index is 1960. The minimum absolute atomic E-state index is 0. The molecule has 0 amide bonds. The second-order valence-corrected chi connectivity index (χ2v) is 22.6. The van der Waals surface area contributed by atoms with Gasteiger partial charge in [0.25, 0.3) is 0 Å². The van der Waals surface area contributed by atoms with Crippen LogP contribution in [-0.4, -0.2) is 56.6 Å². The zero-order valence-electron chi connectivity index (χ0n) is 36.4. The van der Waals surface area contributed by atoms with Crippen LogP contribution < -0.4 is 31.8 Å². The quantitative estimate of drug-likeness (QED) is 0.0368. The fourth-order valence-electron chi connectivity index (χ4n) is 8.06. The maximum atomic E-state index is 10.9. The number of rotatable bonds is 18. The van der Waals surface area contributed by atoms with Crippen molar-refractivity contribution in [3.63, 3.8) is 0 Å². The molecule has 1 saturated carbocycles. The Morgan fingerprint density at radius 1 is 0.385 bits per heavy atom. The Morgan fingerprint density at radius 2 is 0.600 bits per heavy atom. The van der Waals surface area contributed by atoms with Crippen LogP contribution in [0.3, 0.4) is 0 Å². The van der Waals surface area contributed by atoms with Crippen molar-refractivity contribution < 1.29 is 60.7 Å². The first-order chi connectivity index (χ1) is 30.1. The van der Waals surface area contributed by atoms with Crippen molar-refractivity contribution >= 4 is 70.2 Å². The third kappa shape index (κ3) is 14.3. The van der Waals surface area contributed by atoms with Gasteiger partial charge in [0.1, 0.15) is 46.4 Å². The minimum Gasteiger partial charge on any atom is -0.693 e. The molecule has 1 aliphatic rings. The predicted octanol–water partition coefficient (Wildman–Crippen LogP) is 10.2. The van der Waals surface area contributed by atoms with Crippen molar-refractivity contribution in [3.05, 3.63) is 194 Å². The van der Waals surface area contributed by atoms with E-state index in [1.165, 1.54) is 31.8 Å². The summed E-state index contributed by atoms with van der Waals surface area (Å²) in [6.45, 7) is 0. The summed E-state index contributed by atoms with van der Waals surface area (Å²) in [5, 5.41) is 43.1. The molecule has 0 heterocycles. The number of carboxylic acids is 4. The second kappa shape index (κ2) is 27.9. The molecule has 0 radical (unpaired) electrons. The smallest absolute Gasteiger partial charge is 0.693 e. The molecule has 10 nitrogen and oxygen atoms in total. The molecule has 8 N–H and O–H groups in total. The van der Waals surface area contributed by atoms with Gasteiger partial charge in [-0.25, -0.2) is 0 Å². The van der Waals surface area contributed by atoms with E-state index in [4.69, 9.17) is 20.4 Å². The standard InChI is InChI=1S/2C23H23O2P.C6H8O4.2H2N.Pt/c2*24-23(25)18-10-11-19-26(20-12-4-1-5-13-20,21-14-6-2-7-15-21)22-16-8-3-9-17-22;7-4(8)6(5(9)10)2-1-3-6;;;/h2*1-9,12-17H,10-11,18-19H2;1-3H2,(H,7,8)(H,9,10);2*1H2;/q;;;2*-1;+2/p+2. The van der Waals surface area contributed by atoms with Gasteiger partial charge >= 0.3 is 44.9 Å². The molecule has 0 aliphatic heterocycles. The maximum Gasteiger partial charge on any atom is 2.00 e. The summed E-state index contributed by atoms with van der Waals surface area (Å²) >= 11 is 0. The first-order valence-electron chi connectivity index (χ1n) is 21.1. The van der Waals surface area contributed by atoms with Crippen molar-refractivity contribution in [2.75, 3.05) is 12.3 Å². The Kier molecular flexibility index (Phi) is 23.9. The van der Waals surface area contributed by atoms with Crippen LogP contribution in [0.1, 0.15) is 57.8 Å². The van der Waals surface area contributed by atoms with E-state index in [0.717, 1.165) is 25.2 Å². The van der Waals surface area contributed by atoms with Crippen LogP contribution in [-0.2, 0) is 40.2 Å². The summed E-state index contributed by atoms with van der Waals surface area (Å²) in [4.78, 5) is 42.6. The molecule has 0 aromatic heterocycles. The van der Waals surface area contributed by atoms with Crippen molar-refractivity contribution in [2.45, 2.75) is 57.8 Å². The van der Waals surface area contributed by atoms with Gasteiger partial charge in [0.05, 0.1) is 12.3 Å². The summed E-state index contributed by atoms with van der Waals surface area (Å²) in [7, 11) is -3.61. The molecular formula is C52H60N2O8P2Pt+2. The first kappa shape index (κ1) is 55.8. The van der Waals surface area contributed by atoms with Gasteiger partial charge in [-0.3, -0.25) is 19.2 Å². The number of nitrogens with two attached hydrogens (primary N) is 2. The average molecular weight is 1100 g/mol. The topological polar surface area (TPSA) is 216 Å². The van der Waals surface area contributed by atoms with Crippen LogP contribution >= 0.6 is 14.5 Å². The van der Waals surface area contributed by atoms with Gasteiger partial charge in [0, 0.05) is 12.8 Å². The van der Waals surface area contributed by atoms with Crippen LogP contribution in [0.4, 0.5) is 0 Å². The molecule has 344 valence electrons. The van der Waals surface area contributed by atoms with E-state index in [1.54, 1.807) is 0 Å².